The lowest BCUT2D eigenvalue weighted by atomic mass is 10.2. The zero-order valence-corrected chi connectivity index (χ0v) is 13.2. The molecule has 2 aromatic carbocycles. The van der Waals surface area contributed by atoms with E-state index in [1.807, 2.05) is 0 Å². The van der Waals surface area contributed by atoms with Gasteiger partial charge in [0, 0.05) is 23.4 Å². The number of anilines is 1. The number of carbonyl (C=O) groups excluding carboxylic acids is 1. The van der Waals surface area contributed by atoms with E-state index in [4.69, 9.17) is 4.84 Å². The predicted octanol–water partition coefficient (Wildman–Crippen LogP) is 3.19. The Hall–Kier alpha value is -3.56. The smallest absolute Gasteiger partial charge is 0.387 e. The molecule has 0 aliphatic carbocycles. The number of carbonyl (C=O) groups is 1. The van der Waals surface area contributed by atoms with Gasteiger partial charge in [0.05, 0.1) is 11.1 Å². The van der Waals surface area contributed by atoms with Crippen molar-refractivity contribution in [2.45, 2.75) is 6.61 Å². The van der Waals surface area contributed by atoms with Crippen LogP contribution in [-0.4, -0.2) is 30.3 Å². The van der Waals surface area contributed by atoms with Gasteiger partial charge in [0.15, 0.2) is 6.61 Å². The maximum atomic E-state index is 12.0. The van der Waals surface area contributed by atoms with Gasteiger partial charge in [0.1, 0.15) is 5.75 Å². The van der Waals surface area contributed by atoms with Gasteiger partial charge < -0.3 is 14.9 Å². The highest BCUT2D eigenvalue weighted by molar-refractivity contribution is 5.91. The first-order valence-electron chi connectivity index (χ1n) is 7.18. The van der Waals surface area contributed by atoms with E-state index in [1.54, 1.807) is 6.07 Å². The van der Waals surface area contributed by atoms with Crippen LogP contribution in [0.5, 0.6) is 5.75 Å². The summed E-state index contributed by atoms with van der Waals surface area (Å²) in [5.74, 6) is -0.556. The van der Waals surface area contributed by atoms with Gasteiger partial charge in [0.2, 0.25) is 0 Å². The predicted molar refractivity (Wildman–Crippen MR) is 88.3 cm³/mol. The molecule has 1 N–H and O–H groups in total. The fourth-order valence-corrected chi connectivity index (χ4v) is 1.83. The van der Waals surface area contributed by atoms with Crippen LogP contribution in [0.25, 0.3) is 0 Å². The van der Waals surface area contributed by atoms with Crippen LogP contribution < -0.4 is 10.1 Å². The Bertz CT molecular complexity index is 797. The summed E-state index contributed by atoms with van der Waals surface area (Å²) < 4.78 is 28.3. The molecule has 0 aromatic heterocycles. The lowest BCUT2D eigenvalue weighted by molar-refractivity contribution is -0.384. The zero-order valence-electron chi connectivity index (χ0n) is 13.2. The Kier molecular flexibility index (Phi) is 6.54. The van der Waals surface area contributed by atoms with Crippen LogP contribution in [0.4, 0.5) is 20.2 Å². The number of hydrogen-bond acceptors (Lipinski definition) is 6. The monoisotopic (exact) mass is 365 g/mol. The zero-order chi connectivity index (χ0) is 18.9. The molecule has 0 bridgehead atoms. The Morgan fingerprint density at radius 3 is 2.65 bits per heavy atom. The molecule has 0 unspecified atom stereocenters. The Morgan fingerprint density at radius 2 is 2.00 bits per heavy atom. The summed E-state index contributed by atoms with van der Waals surface area (Å²) in [6.45, 7) is -3.33. The first kappa shape index (κ1) is 18.8. The van der Waals surface area contributed by atoms with Crippen LogP contribution in [0.2, 0.25) is 0 Å². The standard InChI is InChI=1S/C16H13F2N3O5/c17-16(18)26-14-6-4-12(5-7-14)20-15(22)10-25-19-9-11-2-1-3-13(8-11)21(23)24/h1-9,16H,10H2,(H,20,22)/b19-9+. The number of ether oxygens (including phenoxy) is 1. The molecule has 8 nitrogen and oxygen atoms in total. The van der Waals surface area contributed by atoms with E-state index in [9.17, 15) is 23.7 Å². The molecule has 0 fully saturated rings. The van der Waals surface area contributed by atoms with Crippen molar-refractivity contribution in [2.24, 2.45) is 5.16 Å². The van der Waals surface area contributed by atoms with Gasteiger partial charge in [0.25, 0.3) is 11.6 Å². The van der Waals surface area contributed by atoms with Crippen molar-refractivity contribution in [3.8, 4) is 5.75 Å². The normalized spacial score (nSPS) is 10.7. The van der Waals surface area contributed by atoms with E-state index < -0.39 is 24.0 Å². The number of nitrogens with zero attached hydrogens (tertiary/aromatic N) is 2. The van der Waals surface area contributed by atoms with Crippen molar-refractivity contribution in [3.63, 3.8) is 0 Å². The third-order valence-corrected chi connectivity index (χ3v) is 2.92. The van der Waals surface area contributed by atoms with Gasteiger partial charge in [-0.05, 0) is 24.3 Å². The van der Waals surface area contributed by atoms with Crippen LogP contribution in [0.3, 0.4) is 0 Å². The van der Waals surface area contributed by atoms with E-state index in [1.165, 1.54) is 48.7 Å². The largest absolute Gasteiger partial charge is 0.435 e. The summed E-state index contributed by atoms with van der Waals surface area (Å²) >= 11 is 0. The lowest BCUT2D eigenvalue weighted by Gasteiger charge is -2.07. The highest BCUT2D eigenvalue weighted by atomic mass is 19.3. The van der Waals surface area contributed by atoms with Crippen molar-refractivity contribution < 1.29 is 28.1 Å². The van der Waals surface area contributed by atoms with Gasteiger partial charge >= 0.3 is 6.61 Å². The minimum absolute atomic E-state index is 0.0317. The fourth-order valence-electron chi connectivity index (χ4n) is 1.83. The Morgan fingerprint density at radius 1 is 1.27 bits per heavy atom. The molecule has 0 radical (unpaired) electrons. The van der Waals surface area contributed by atoms with Crippen LogP contribution in [0, 0.1) is 10.1 Å². The molecule has 2 aromatic rings. The maximum Gasteiger partial charge on any atom is 0.387 e. The van der Waals surface area contributed by atoms with E-state index in [0.29, 0.717) is 11.3 Å². The molecule has 2 rings (SSSR count). The second-order valence-electron chi connectivity index (χ2n) is 4.81. The summed E-state index contributed by atoms with van der Waals surface area (Å²) in [6.07, 6.45) is 1.23. The quantitative estimate of drug-likeness (QED) is 0.440. The number of amides is 1. The molecule has 26 heavy (non-hydrogen) atoms. The van der Waals surface area contributed by atoms with E-state index >= 15 is 0 Å². The molecule has 10 heteroatoms. The minimum Gasteiger partial charge on any atom is -0.435 e. The number of benzene rings is 2. The number of rotatable bonds is 8. The van der Waals surface area contributed by atoms with Crippen LogP contribution >= 0.6 is 0 Å². The fraction of sp³-hybridized carbons (Fsp3) is 0.125. The molecule has 0 saturated carbocycles. The number of non-ortho nitro benzene ring substituents is 1. The van der Waals surface area contributed by atoms with Crippen molar-refractivity contribution in [1.82, 2.24) is 0 Å². The molecule has 1 amide bonds. The minimum atomic E-state index is -2.92. The average molecular weight is 365 g/mol. The number of oxime groups is 1. The summed E-state index contributed by atoms with van der Waals surface area (Å²) in [5.41, 5.74) is 0.711. The van der Waals surface area contributed by atoms with Crippen LogP contribution in [0.1, 0.15) is 5.56 Å². The summed E-state index contributed by atoms with van der Waals surface area (Å²) in [5, 5.41) is 16.7. The van der Waals surface area contributed by atoms with Gasteiger partial charge in [-0.25, -0.2) is 0 Å². The summed E-state index contributed by atoms with van der Waals surface area (Å²) in [6, 6.07) is 11.1. The first-order chi connectivity index (χ1) is 12.4. The highest BCUT2D eigenvalue weighted by Gasteiger charge is 2.06. The van der Waals surface area contributed by atoms with Gasteiger partial charge in [-0.1, -0.05) is 17.3 Å². The number of alkyl halides is 2. The second-order valence-corrected chi connectivity index (χ2v) is 4.81. The van der Waals surface area contributed by atoms with Crippen LogP contribution in [0.15, 0.2) is 53.7 Å². The molecule has 0 saturated heterocycles. The number of nitrogens with one attached hydrogen (secondary N) is 1. The number of nitro groups is 1. The van der Waals surface area contributed by atoms with Gasteiger partial charge in [-0.15, -0.1) is 0 Å². The van der Waals surface area contributed by atoms with E-state index in [0.717, 1.165) is 0 Å². The number of nitro benzene ring substituents is 1. The van der Waals surface area contributed by atoms with Crippen molar-refractivity contribution in [3.05, 3.63) is 64.2 Å². The third kappa shape index (κ3) is 6.15. The van der Waals surface area contributed by atoms with Crippen molar-refractivity contribution in [2.75, 3.05) is 11.9 Å². The molecule has 0 heterocycles. The molecular weight excluding hydrogens is 352 g/mol. The van der Waals surface area contributed by atoms with Crippen LogP contribution in [-0.2, 0) is 9.63 Å². The second kappa shape index (κ2) is 9.06. The molecule has 0 atom stereocenters. The van der Waals surface area contributed by atoms with Gasteiger partial charge in [-0.3, -0.25) is 14.9 Å². The molecule has 0 spiro atoms. The van der Waals surface area contributed by atoms with E-state index in [-0.39, 0.29) is 11.4 Å². The Balaban J connectivity index is 1.80. The summed E-state index contributed by atoms with van der Waals surface area (Å²) in [7, 11) is 0. The topological polar surface area (TPSA) is 103 Å². The molecule has 0 aliphatic heterocycles. The SMILES string of the molecule is O=C(CO/N=C/c1cccc([N+](=O)[O-])c1)Nc1ccc(OC(F)F)cc1. The third-order valence-electron chi connectivity index (χ3n) is 2.92. The highest BCUT2D eigenvalue weighted by Crippen LogP contribution is 2.17. The molecule has 136 valence electrons. The first-order valence-corrected chi connectivity index (χ1v) is 7.18. The average Bonchev–Trinajstić information content (AvgIpc) is 2.60. The van der Waals surface area contributed by atoms with Crippen molar-refractivity contribution >= 4 is 23.5 Å². The molecule has 0 aliphatic rings. The van der Waals surface area contributed by atoms with E-state index in [2.05, 4.69) is 15.2 Å². The van der Waals surface area contributed by atoms with Crippen molar-refractivity contribution in [1.29, 1.82) is 0 Å². The number of halogens is 2. The lowest BCUT2D eigenvalue weighted by Crippen LogP contribution is -2.16. The summed E-state index contributed by atoms with van der Waals surface area (Å²) in [4.78, 5) is 26.6. The Labute approximate surface area is 146 Å². The number of hydrogen-bond donors (Lipinski definition) is 1. The molecular formula is C16H13F2N3O5. The maximum absolute atomic E-state index is 12.0. The van der Waals surface area contributed by atoms with Gasteiger partial charge in [-0.2, -0.15) is 8.78 Å².